The molecule has 0 unspecified atom stereocenters. The van der Waals surface area contributed by atoms with E-state index >= 15 is 0 Å². The van der Waals surface area contributed by atoms with Gasteiger partial charge in [-0.2, -0.15) is 0 Å². The molecular formula is C21H16BrNO3. The van der Waals surface area contributed by atoms with E-state index in [1.54, 1.807) is 13.8 Å². The number of halogens is 1. The van der Waals surface area contributed by atoms with E-state index in [0.717, 1.165) is 31.6 Å². The molecule has 0 saturated heterocycles. The van der Waals surface area contributed by atoms with Crippen LogP contribution in [0.3, 0.4) is 0 Å². The molecule has 3 aromatic carbocycles. The van der Waals surface area contributed by atoms with Crippen LogP contribution in [-0.4, -0.2) is 17.7 Å². The van der Waals surface area contributed by atoms with Crippen molar-refractivity contribution in [2.24, 2.45) is 0 Å². The normalized spacial score (nSPS) is 11.2. The van der Waals surface area contributed by atoms with Crippen molar-refractivity contribution in [2.45, 2.75) is 13.8 Å². The summed E-state index contributed by atoms with van der Waals surface area (Å²) in [5.41, 5.74) is 1.77. The van der Waals surface area contributed by atoms with Gasteiger partial charge in [-0.25, -0.2) is 4.79 Å². The third kappa shape index (κ3) is 2.51. The van der Waals surface area contributed by atoms with Gasteiger partial charge in [0.2, 0.25) is 0 Å². The van der Waals surface area contributed by atoms with E-state index in [0.29, 0.717) is 23.6 Å². The number of rotatable bonds is 3. The molecule has 0 amide bonds. The largest absolute Gasteiger partial charge is 0.462 e. The molecule has 4 rings (SSSR count). The third-order valence-electron chi connectivity index (χ3n) is 4.44. The molecule has 0 aliphatic carbocycles. The number of fused-ring (bicyclic) bond motifs is 2. The highest BCUT2D eigenvalue weighted by Crippen LogP contribution is 2.42. The molecule has 26 heavy (non-hydrogen) atoms. The van der Waals surface area contributed by atoms with Crippen molar-refractivity contribution in [3.05, 3.63) is 64.3 Å². The van der Waals surface area contributed by atoms with Crippen LogP contribution in [0.4, 0.5) is 0 Å². The maximum Gasteiger partial charge on any atom is 0.344 e. The summed E-state index contributed by atoms with van der Waals surface area (Å²) in [7, 11) is 0. The molecule has 0 atom stereocenters. The lowest BCUT2D eigenvalue weighted by Gasteiger charge is -2.13. The first-order chi connectivity index (χ1) is 12.6. The van der Waals surface area contributed by atoms with Gasteiger partial charge in [-0.3, -0.25) is 0 Å². The maximum atomic E-state index is 12.5. The lowest BCUT2D eigenvalue weighted by atomic mass is 9.93. The third-order valence-corrected chi connectivity index (χ3v) is 5.30. The fraction of sp³-hybridized carbons (Fsp3) is 0.143. The Morgan fingerprint density at radius 1 is 1.04 bits per heavy atom. The van der Waals surface area contributed by atoms with Gasteiger partial charge in [-0.1, -0.05) is 53.7 Å². The van der Waals surface area contributed by atoms with E-state index in [1.165, 1.54) is 0 Å². The van der Waals surface area contributed by atoms with E-state index in [1.807, 2.05) is 48.5 Å². The first-order valence-electron chi connectivity index (χ1n) is 8.36. The summed E-state index contributed by atoms with van der Waals surface area (Å²) in [5.74, 6) is 0.0341. The Labute approximate surface area is 158 Å². The van der Waals surface area contributed by atoms with Crippen LogP contribution in [0.15, 0.2) is 57.5 Å². The molecule has 0 fully saturated rings. The Bertz CT molecular complexity index is 1090. The molecule has 0 aliphatic rings. The SMILES string of the molecule is CCOC(=O)c1c(-c2c3ccccc3c(Br)c3ccccc23)noc1C. The highest BCUT2D eigenvalue weighted by molar-refractivity contribution is 9.10. The Hall–Kier alpha value is -2.66. The molecule has 1 aromatic heterocycles. The molecule has 0 spiro atoms. The fourth-order valence-electron chi connectivity index (χ4n) is 3.32. The second-order valence-electron chi connectivity index (χ2n) is 5.96. The minimum absolute atomic E-state index is 0.296. The van der Waals surface area contributed by atoms with Crippen molar-refractivity contribution in [1.29, 1.82) is 0 Å². The van der Waals surface area contributed by atoms with Crippen LogP contribution in [0.1, 0.15) is 23.0 Å². The van der Waals surface area contributed by atoms with Crippen molar-refractivity contribution < 1.29 is 14.1 Å². The average Bonchev–Trinajstić information content (AvgIpc) is 3.04. The van der Waals surface area contributed by atoms with E-state index < -0.39 is 5.97 Å². The Morgan fingerprint density at radius 3 is 2.12 bits per heavy atom. The molecule has 130 valence electrons. The Morgan fingerprint density at radius 2 is 1.58 bits per heavy atom. The molecular weight excluding hydrogens is 394 g/mol. The molecule has 5 heteroatoms. The van der Waals surface area contributed by atoms with Gasteiger partial charge in [0.05, 0.1) is 6.61 Å². The molecule has 0 saturated carbocycles. The van der Waals surface area contributed by atoms with Gasteiger partial charge in [-0.05, 0) is 51.3 Å². The van der Waals surface area contributed by atoms with Crippen LogP contribution < -0.4 is 0 Å². The number of hydrogen-bond donors (Lipinski definition) is 0. The number of carbonyl (C=O) groups is 1. The number of nitrogens with zero attached hydrogens (tertiary/aromatic N) is 1. The lowest BCUT2D eigenvalue weighted by molar-refractivity contribution is 0.0525. The number of esters is 1. The number of hydrogen-bond acceptors (Lipinski definition) is 4. The van der Waals surface area contributed by atoms with E-state index in [4.69, 9.17) is 9.26 Å². The molecule has 4 aromatic rings. The predicted molar refractivity (Wildman–Crippen MR) is 105 cm³/mol. The van der Waals surface area contributed by atoms with Gasteiger partial charge >= 0.3 is 5.97 Å². The number of aromatic nitrogens is 1. The van der Waals surface area contributed by atoms with Crippen LogP contribution in [-0.2, 0) is 4.74 Å². The van der Waals surface area contributed by atoms with Crippen molar-refractivity contribution in [2.75, 3.05) is 6.61 Å². The minimum atomic E-state index is -0.419. The van der Waals surface area contributed by atoms with Gasteiger partial charge < -0.3 is 9.26 Å². The highest BCUT2D eigenvalue weighted by Gasteiger charge is 2.26. The lowest BCUT2D eigenvalue weighted by Crippen LogP contribution is -2.07. The number of ether oxygens (including phenoxy) is 1. The average molecular weight is 410 g/mol. The van der Waals surface area contributed by atoms with Crippen LogP contribution in [0.25, 0.3) is 32.8 Å². The smallest absolute Gasteiger partial charge is 0.344 e. The van der Waals surface area contributed by atoms with Crippen LogP contribution in [0, 0.1) is 6.92 Å². The summed E-state index contributed by atoms with van der Waals surface area (Å²) in [5, 5.41) is 8.33. The summed E-state index contributed by atoms with van der Waals surface area (Å²) in [6.07, 6.45) is 0. The topological polar surface area (TPSA) is 52.3 Å². The first kappa shape index (κ1) is 16.8. The van der Waals surface area contributed by atoms with Gasteiger partial charge in [0.15, 0.2) is 0 Å². The predicted octanol–water partition coefficient (Wildman–Crippen LogP) is 5.90. The second kappa shape index (κ2) is 6.57. The quantitative estimate of drug-likeness (QED) is 0.312. The highest BCUT2D eigenvalue weighted by atomic mass is 79.9. The second-order valence-corrected chi connectivity index (χ2v) is 6.76. The standard InChI is InChI=1S/C21H16BrNO3/c1-3-25-21(24)17-12(2)26-23-20(17)18-13-8-4-6-10-15(13)19(22)16-11-7-5-9-14(16)18/h4-11H,3H2,1-2H3. The molecule has 4 nitrogen and oxygen atoms in total. The van der Waals surface area contributed by atoms with Gasteiger partial charge in [-0.15, -0.1) is 0 Å². The zero-order valence-corrected chi connectivity index (χ0v) is 16.0. The summed E-state index contributed by atoms with van der Waals surface area (Å²) in [4.78, 5) is 12.5. The van der Waals surface area contributed by atoms with Crippen LogP contribution in [0.2, 0.25) is 0 Å². The Kier molecular flexibility index (Phi) is 4.24. The first-order valence-corrected chi connectivity index (χ1v) is 9.15. The molecule has 0 aliphatic heterocycles. The molecule has 0 N–H and O–H groups in total. The minimum Gasteiger partial charge on any atom is -0.462 e. The zero-order chi connectivity index (χ0) is 18.3. The number of benzene rings is 3. The van der Waals surface area contributed by atoms with Crippen LogP contribution in [0.5, 0.6) is 0 Å². The summed E-state index contributed by atoms with van der Waals surface area (Å²) in [6.45, 7) is 3.81. The van der Waals surface area contributed by atoms with E-state index in [-0.39, 0.29) is 0 Å². The van der Waals surface area contributed by atoms with Crippen molar-refractivity contribution in [1.82, 2.24) is 5.16 Å². The summed E-state index contributed by atoms with van der Waals surface area (Å²) >= 11 is 3.73. The molecule has 1 heterocycles. The van der Waals surface area contributed by atoms with Crippen molar-refractivity contribution in [3.63, 3.8) is 0 Å². The number of carbonyl (C=O) groups excluding carboxylic acids is 1. The van der Waals surface area contributed by atoms with Crippen molar-refractivity contribution >= 4 is 43.4 Å². The fourth-order valence-corrected chi connectivity index (χ4v) is 4.01. The van der Waals surface area contributed by atoms with Crippen LogP contribution >= 0.6 is 15.9 Å². The summed E-state index contributed by atoms with van der Waals surface area (Å²) < 4.78 is 11.6. The summed E-state index contributed by atoms with van der Waals surface area (Å²) in [6, 6.07) is 16.1. The Balaban J connectivity index is 2.16. The maximum absolute atomic E-state index is 12.5. The van der Waals surface area contributed by atoms with E-state index in [2.05, 4.69) is 21.1 Å². The van der Waals surface area contributed by atoms with Gasteiger partial charge in [0.1, 0.15) is 17.0 Å². The van der Waals surface area contributed by atoms with Gasteiger partial charge in [0.25, 0.3) is 0 Å². The molecule has 0 radical (unpaired) electrons. The monoisotopic (exact) mass is 409 g/mol. The van der Waals surface area contributed by atoms with Crippen molar-refractivity contribution in [3.8, 4) is 11.3 Å². The van der Waals surface area contributed by atoms with E-state index in [9.17, 15) is 4.79 Å². The van der Waals surface area contributed by atoms with Gasteiger partial charge in [0, 0.05) is 10.0 Å². The zero-order valence-electron chi connectivity index (χ0n) is 14.4. The number of aryl methyl sites for hydroxylation is 1. The molecule has 0 bridgehead atoms.